The van der Waals surface area contributed by atoms with Crippen LogP contribution in [0.5, 0.6) is 0 Å². The lowest BCUT2D eigenvalue weighted by molar-refractivity contribution is -0.0542. The number of thioether (sulfide) groups is 1. The van der Waals surface area contributed by atoms with E-state index in [1.54, 1.807) is 23.1 Å². The quantitative estimate of drug-likeness (QED) is 0.369. The van der Waals surface area contributed by atoms with Crippen LogP contribution in [-0.2, 0) is 22.5 Å². The molecule has 0 aliphatic carbocycles. The van der Waals surface area contributed by atoms with Gasteiger partial charge in [0.15, 0.2) is 5.16 Å². The molecule has 0 amide bonds. The zero-order chi connectivity index (χ0) is 19.4. The summed E-state index contributed by atoms with van der Waals surface area (Å²) in [5, 5.41) is 14.6. The van der Waals surface area contributed by atoms with E-state index in [9.17, 15) is 0 Å². The SMILES string of the molecule is CC[C@@]1(C)Cc2c(sc3nc(SC(C)C)nc(NCCOCCO)c23)CO1. The maximum Gasteiger partial charge on any atom is 0.191 e. The van der Waals surface area contributed by atoms with Crippen LogP contribution in [0.4, 0.5) is 5.82 Å². The maximum absolute atomic E-state index is 8.84. The van der Waals surface area contributed by atoms with Gasteiger partial charge in [0.1, 0.15) is 10.6 Å². The Balaban J connectivity index is 1.94. The van der Waals surface area contributed by atoms with Crippen molar-refractivity contribution >= 4 is 39.1 Å². The summed E-state index contributed by atoms with van der Waals surface area (Å²) in [5.41, 5.74) is 1.19. The highest BCUT2D eigenvalue weighted by atomic mass is 32.2. The van der Waals surface area contributed by atoms with E-state index in [2.05, 4.69) is 33.0 Å². The first-order valence-electron chi connectivity index (χ1n) is 9.51. The summed E-state index contributed by atoms with van der Waals surface area (Å²) in [7, 11) is 0. The van der Waals surface area contributed by atoms with Crippen molar-refractivity contribution < 1.29 is 14.6 Å². The monoisotopic (exact) mass is 411 g/mol. The van der Waals surface area contributed by atoms with Crippen LogP contribution in [0, 0.1) is 0 Å². The predicted molar refractivity (Wildman–Crippen MR) is 112 cm³/mol. The maximum atomic E-state index is 8.84. The summed E-state index contributed by atoms with van der Waals surface area (Å²) >= 11 is 3.39. The molecule has 0 saturated heterocycles. The molecule has 2 N–H and O–H groups in total. The summed E-state index contributed by atoms with van der Waals surface area (Å²) in [4.78, 5) is 11.9. The van der Waals surface area contributed by atoms with Crippen molar-refractivity contribution in [3.63, 3.8) is 0 Å². The van der Waals surface area contributed by atoms with E-state index in [0.717, 1.165) is 34.0 Å². The number of aromatic nitrogens is 2. The first kappa shape index (κ1) is 20.8. The fraction of sp³-hybridized carbons (Fsp3) is 0.684. The number of fused-ring (bicyclic) bond motifs is 3. The van der Waals surface area contributed by atoms with E-state index < -0.39 is 0 Å². The second-order valence-corrected chi connectivity index (χ2v) is 9.86. The van der Waals surface area contributed by atoms with Crippen molar-refractivity contribution in [1.29, 1.82) is 0 Å². The van der Waals surface area contributed by atoms with Gasteiger partial charge in [-0.05, 0) is 18.9 Å². The average molecular weight is 412 g/mol. The molecule has 0 radical (unpaired) electrons. The Labute approximate surface area is 169 Å². The minimum Gasteiger partial charge on any atom is -0.394 e. The van der Waals surface area contributed by atoms with Crippen molar-refractivity contribution in [2.24, 2.45) is 0 Å². The molecule has 2 aromatic heterocycles. The van der Waals surface area contributed by atoms with Crippen LogP contribution in [-0.4, -0.2) is 52.3 Å². The summed E-state index contributed by atoms with van der Waals surface area (Å²) in [5.74, 6) is 0.883. The Hall–Kier alpha value is -0.930. The molecule has 1 aliphatic heterocycles. The smallest absolute Gasteiger partial charge is 0.191 e. The molecule has 3 rings (SSSR count). The molecule has 0 saturated carbocycles. The first-order valence-corrected chi connectivity index (χ1v) is 11.2. The second kappa shape index (κ2) is 9.05. The molecule has 6 nitrogen and oxygen atoms in total. The molecule has 3 heterocycles. The topological polar surface area (TPSA) is 76.5 Å². The lowest BCUT2D eigenvalue weighted by atomic mass is 9.90. The molecule has 0 unspecified atom stereocenters. The van der Waals surface area contributed by atoms with Crippen LogP contribution < -0.4 is 5.32 Å². The van der Waals surface area contributed by atoms with Gasteiger partial charge in [-0.15, -0.1) is 11.3 Å². The van der Waals surface area contributed by atoms with Crippen molar-refractivity contribution in [1.82, 2.24) is 9.97 Å². The van der Waals surface area contributed by atoms with E-state index in [-0.39, 0.29) is 12.2 Å². The van der Waals surface area contributed by atoms with E-state index in [0.29, 0.717) is 31.6 Å². The van der Waals surface area contributed by atoms with Crippen LogP contribution in [0.2, 0.25) is 0 Å². The van der Waals surface area contributed by atoms with E-state index >= 15 is 0 Å². The van der Waals surface area contributed by atoms with Gasteiger partial charge in [0, 0.05) is 23.1 Å². The van der Waals surface area contributed by atoms with Gasteiger partial charge >= 0.3 is 0 Å². The zero-order valence-corrected chi connectivity index (χ0v) is 18.1. The number of nitrogens with one attached hydrogen (secondary N) is 1. The van der Waals surface area contributed by atoms with Gasteiger partial charge in [-0.1, -0.05) is 32.5 Å². The first-order chi connectivity index (χ1) is 13.0. The van der Waals surface area contributed by atoms with Gasteiger partial charge in [-0.25, -0.2) is 9.97 Å². The molecule has 1 aliphatic rings. The number of ether oxygens (including phenoxy) is 2. The van der Waals surface area contributed by atoms with Gasteiger partial charge in [-0.2, -0.15) is 0 Å². The molecule has 0 aromatic carbocycles. The van der Waals surface area contributed by atoms with Gasteiger partial charge in [0.2, 0.25) is 0 Å². The van der Waals surface area contributed by atoms with Crippen LogP contribution in [0.1, 0.15) is 44.6 Å². The van der Waals surface area contributed by atoms with Crippen LogP contribution >= 0.6 is 23.1 Å². The molecule has 0 bridgehead atoms. The fourth-order valence-corrected chi connectivity index (χ4v) is 4.95. The molecule has 2 aromatic rings. The number of hydrogen-bond acceptors (Lipinski definition) is 8. The number of anilines is 1. The Morgan fingerprint density at radius 3 is 2.89 bits per heavy atom. The third kappa shape index (κ3) is 4.92. The minimum atomic E-state index is -0.131. The number of rotatable bonds is 9. The molecule has 150 valence electrons. The van der Waals surface area contributed by atoms with Gasteiger partial charge < -0.3 is 19.9 Å². The highest BCUT2D eigenvalue weighted by Gasteiger charge is 2.33. The van der Waals surface area contributed by atoms with Crippen LogP contribution in [0.15, 0.2) is 5.16 Å². The van der Waals surface area contributed by atoms with Crippen molar-refractivity contribution in [3.05, 3.63) is 10.4 Å². The lowest BCUT2D eigenvalue weighted by Gasteiger charge is -2.33. The third-order valence-corrected chi connectivity index (χ3v) is 6.64. The predicted octanol–water partition coefficient (Wildman–Crippen LogP) is 3.85. The summed E-state index contributed by atoms with van der Waals surface area (Å²) in [6.07, 6.45) is 1.86. The number of aliphatic hydroxyl groups excluding tert-OH is 1. The number of nitrogens with zero attached hydrogens (tertiary/aromatic N) is 2. The molecular formula is C19H29N3O3S2. The normalized spacial score (nSPS) is 19.6. The highest BCUT2D eigenvalue weighted by Crippen LogP contribution is 2.42. The Morgan fingerprint density at radius 1 is 1.37 bits per heavy atom. The number of aliphatic hydroxyl groups is 1. The van der Waals surface area contributed by atoms with Gasteiger partial charge in [0.05, 0.1) is 37.4 Å². The van der Waals surface area contributed by atoms with E-state index in [1.807, 2.05) is 0 Å². The van der Waals surface area contributed by atoms with E-state index in [4.69, 9.17) is 24.5 Å². The molecule has 0 spiro atoms. The molecule has 27 heavy (non-hydrogen) atoms. The lowest BCUT2D eigenvalue weighted by Crippen LogP contribution is -2.34. The van der Waals surface area contributed by atoms with Crippen molar-refractivity contribution in [2.75, 3.05) is 31.7 Å². The van der Waals surface area contributed by atoms with Crippen molar-refractivity contribution in [2.45, 2.75) is 63.2 Å². The molecule has 1 atom stereocenters. The summed E-state index contributed by atoms with van der Waals surface area (Å²) < 4.78 is 11.5. The van der Waals surface area contributed by atoms with E-state index in [1.165, 1.54) is 10.4 Å². The summed E-state index contributed by atoms with van der Waals surface area (Å²) in [6, 6.07) is 0. The minimum absolute atomic E-state index is 0.0422. The Bertz CT molecular complexity index is 781. The van der Waals surface area contributed by atoms with Crippen molar-refractivity contribution in [3.8, 4) is 0 Å². The average Bonchev–Trinajstić information content (AvgIpc) is 2.98. The Kier molecular flexibility index (Phi) is 6.97. The standard InChI is InChI=1S/C19H29N3O3S2/c1-5-19(4)10-13-14(11-25-19)27-17-15(13)16(20-6-8-24-9-7-23)21-18(22-17)26-12(2)3/h12,23H,5-11H2,1-4H3,(H,20,21,22)/t19-/m0/s1. The van der Waals surface area contributed by atoms with Gasteiger partial charge in [0.25, 0.3) is 0 Å². The largest absolute Gasteiger partial charge is 0.394 e. The fourth-order valence-electron chi connectivity index (χ4n) is 3.08. The third-order valence-electron chi connectivity index (χ3n) is 4.68. The second-order valence-electron chi connectivity index (χ2n) is 7.24. The zero-order valence-electron chi connectivity index (χ0n) is 16.5. The van der Waals surface area contributed by atoms with Crippen LogP contribution in [0.3, 0.4) is 0 Å². The van der Waals surface area contributed by atoms with Gasteiger partial charge in [-0.3, -0.25) is 0 Å². The molecule has 0 fully saturated rings. The molecule has 8 heteroatoms. The molecular weight excluding hydrogens is 382 g/mol. The van der Waals surface area contributed by atoms with Crippen LogP contribution in [0.25, 0.3) is 10.2 Å². The number of hydrogen-bond donors (Lipinski definition) is 2. The Morgan fingerprint density at radius 2 is 2.19 bits per heavy atom. The number of thiophene rings is 1. The highest BCUT2D eigenvalue weighted by molar-refractivity contribution is 7.99. The summed E-state index contributed by atoms with van der Waals surface area (Å²) in [6.45, 7) is 10.9.